The minimum Gasteiger partial charge on any atom is -0.467 e. The lowest BCUT2D eigenvalue weighted by atomic mass is 10.1. The van der Waals surface area contributed by atoms with Gasteiger partial charge in [0.2, 0.25) is 0 Å². The van der Waals surface area contributed by atoms with Gasteiger partial charge in [-0.05, 0) is 37.6 Å². The average Bonchev–Trinajstić information content (AvgIpc) is 3.34. The van der Waals surface area contributed by atoms with Crippen LogP contribution in [0.4, 0.5) is 5.69 Å². The summed E-state index contributed by atoms with van der Waals surface area (Å²) in [5, 5.41) is 3.12. The Balaban J connectivity index is 1.62. The molecule has 1 aromatic heterocycles. The number of sulfone groups is 1. The van der Waals surface area contributed by atoms with Crippen LogP contribution in [0.25, 0.3) is 0 Å². The van der Waals surface area contributed by atoms with Crippen LogP contribution in [-0.4, -0.2) is 55.9 Å². The van der Waals surface area contributed by atoms with Gasteiger partial charge in [-0.15, -0.1) is 0 Å². The SMILES string of the molecule is C[C@@H](OC(=O)c1ccccc1NCc1ccco1)C(=O)N(C)[C@@H]1CCS(=O)(=O)C1. The van der Waals surface area contributed by atoms with E-state index in [2.05, 4.69) is 5.32 Å². The molecule has 2 aromatic rings. The van der Waals surface area contributed by atoms with Crippen molar-refractivity contribution in [3.05, 3.63) is 54.0 Å². The summed E-state index contributed by atoms with van der Waals surface area (Å²) in [6, 6.07) is 10.0. The number of benzene rings is 1. The summed E-state index contributed by atoms with van der Waals surface area (Å²) in [7, 11) is -1.58. The summed E-state index contributed by atoms with van der Waals surface area (Å²) in [5.74, 6) is -0.347. The molecule has 0 radical (unpaired) electrons. The van der Waals surface area contributed by atoms with E-state index in [0.717, 1.165) is 0 Å². The van der Waals surface area contributed by atoms with Gasteiger partial charge in [-0.2, -0.15) is 0 Å². The fraction of sp³-hybridized carbons (Fsp3) is 0.400. The van der Waals surface area contributed by atoms with Gasteiger partial charge in [-0.3, -0.25) is 4.79 Å². The Morgan fingerprint density at radius 3 is 2.69 bits per heavy atom. The molecular formula is C20H24N2O6S. The van der Waals surface area contributed by atoms with Gasteiger partial charge in [-0.1, -0.05) is 12.1 Å². The summed E-state index contributed by atoms with van der Waals surface area (Å²) >= 11 is 0. The Morgan fingerprint density at radius 2 is 2.03 bits per heavy atom. The average molecular weight is 420 g/mol. The number of amides is 1. The second kappa shape index (κ2) is 8.69. The maximum absolute atomic E-state index is 12.6. The molecule has 8 nitrogen and oxygen atoms in total. The van der Waals surface area contributed by atoms with Gasteiger partial charge >= 0.3 is 5.97 Å². The Bertz CT molecular complexity index is 971. The number of hydrogen-bond donors (Lipinski definition) is 1. The molecule has 156 valence electrons. The van der Waals surface area contributed by atoms with E-state index in [1.165, 1.54) is 18.9 Å². The van der Waals surface area contributed by atoms with E-state index in [1.807, 2.05) is 6.07 Å². The highest BCUT2D eigenvalue weighted by Gasteiger charge is 2.35. The standard InChI is InChI=1S/C20H24N2O6S/c1-14(19(23)22(2)15-9-11-29(25,26)13-15)28-20(24)17-7-3-4-8-18(17)21-12-16-6-5-10-27-16/h3-8,10,14-15,21H,9,11-13H2,1-2H3/t14-,15-/m1/s1. The number of nitrogens with one attached hydrogen (secondary N) is 1. The van der Waals surface area contributed by atoms with E-state index in [-0.39, 0.29) is 11.5 Å². The zero-order valence-electron chi connectivity index (χ0n) is 16.3. The van der Waals surface area contributed by atoms with Gasteiger partial charge in [0.15, 0.2) is 15.9 Å². The number of carbonyl (C=O) groups excluding carboxylic acids is 2. The van der Waals surface area contributed by atoms with Crippen molar-refractivity contribution in [2.75, 3.05) is 23.9 Å². The van der Waals surface area contributed by atoms with Crippen LogP contribution in [0.15, 0.2) is 47.1 Å². The molecule has 2 atom stereocenters. The first-order chi connectivity index (χ1) is 13.8. The van der Waals surface area contributed by atoms with Gasteiger partial charge < -0.3 is 19.4 Å². The third-order valence-electron chi connectivity index (χ3n) is 4.92. The second-order valence-electron chi connectivity index (χ2n) is 7.03. The van der Waals surface area contributed by atoms with Crippen molar-refractivity contribution in [2.24, 2.45) is 0 Å². The van der Waals surface area contributed by atoms with Crippen LogP contribution in [0.2, 0.25) is 0 Å². The van der Waals surface area contributed by atoms with Crippen molar-refractivity contribution in [3.8, 4) is 0 Å². The van der Waals surface area contributed by atoms with Crippen LogP contribution in [0.3, 0.4) is 0 Å². The first-order valence-corrected chi connectivity index (χ1v) is 11.1. The van der Waals surface area contributed by atoms with Gasteiger partial charge in [0.05, 0.1) is 29.9 Å². The molecular weight excluding hydrogens is 396 g/mol. The first-order valence-electron chi connectivity index (χ1n) is 9.30. The van der Waals surface area contributed by atoms with Crippen LogP contribution in [0.5, 0.6) is 0 Å². The summed E-state index contributed by atoms with van der Waals surface area (Å²) in [5.41, 5.74) is 0.855. The highest BCUT2D eigenvalue weighted by molar-refractivity contribution is 7.91. The minimum atomic E-state index is -3.11. The van der Waals surface area contributed by atoms with E-state index in [9.17, 15) is 18.0 Å². The molecule has 0 spiro atoms. The highest BCUT2D eigenvalue weighted by Crippen LogP contribution is 2.20. The van der Waals surface area contributed by atoms with E-state index < -0.39 is 33.9 Å². The van der Waals surface area contributed by atoms with Crippen molar-refractivity contribution in [1.82, 2.24) is 4.90 Å². The predicted octanol–water partition coefficient (Wildman–Crippen LogP) is 2.08. The van der Waals surface area contributed by atoms with Gasteiger partial charge in [0, 0.05) is 18.8 Å². The fourth-order valence-corrected chi connectivity index (χ4v) is 5.01. The summed E-state index contributed by atoms with van der Waals surface area (Å²) in [4.78, 5) is 26.6. The summed E-state index contributed by atoms with van der Waals surface area (Å²) in [6.45, 7) is 1.88. The number of para-hydroxylation sites is 1. The second-order valence-corrected chi connectivity index (χ2v) is 9.26. The van der Waals surface area contributed by atoms with Crippen molar-refractivity contribution in [2.45, 2.75) is 32.0 Å². The Morgan fingerprint density at radius 1 is 1.28 bits per heavy atom. The number of ether oxygens (including phenoxy) is 1. The van der Waals surface area contributed by atoms with Crippen molar-refractivity contribution < 1.29 is 27.2 Å². The Labute approximate surface area is 169 Å². The molecule has 0 saturated carbocycles. The molecule has 29 heavy (non-hydrogen) atoms. The first kappa shape index (κ1) is 20.9. The molecule has 1 N–H and O–H groups in total. The zero-order chi connectivity index (χ0) is 21.0. The molecule has 1 fully saturated rings. The van der Waals surface area contributed by atoms with Crippen LogP contribution < -0.4 is 5.32 Å². The molecule has 1 aromatic carbocycles. The largest absolute Gasteiger partial charge is 0.467 e. The number of likely N-dealkylation sites (N-methyl/N-ethyl adjacent to an activating group) is 1. The summed E-state index contributed by atoms with van der Waals surface area (Å²) < 4.78 is 33.9. The number of nitrogens with zero attached hydrogens (tertiary/aromatic N) is 1. The molecule has 3 rings (SSSR count). The monoisotopic (exact) mass is 420 g/mol. The third kappa shape index (κ3) is 5.17. The van der Waals surface area contributed by atoms with Crippen molar-refractivity contribution in [1.29, 1.82) is 0 Å². The third-order valence-corrected chi connectivity index (χ3v) is 6.67. The lowest BCUT2D eigenvalue weighted by Crippen LogP contribution is -2.44. The van der Waals surface area contributed by atoms with Gasteiger partial charge in [0.25, 0.3) is 5.91 Å². The number of hydrogen-bond acceptors (Lipinski definition) is 7. The molecule has 1 amide bonds. The molecule has 0 unspecified atom stereocenters. The number of anilines is 1. The van der Waals surface area contributed by atoms with Gasteiger partial charge in [-0.25, -0.2) is 13.2 Å². The van der Waals surface area contributed by atoms with E-state index >= 15 is 0 Å². The lowest BCUT2D eigenvalue weighted by Gasteiger charge is -2.26. The molecule has 0 aliphatic carbocycles. The quantitative estimate of drug-likeness (QED) is 0.684. The molecule has 9 heteroatoms. The topological polar surface area (TPSA) is 106 Å². The van der Waals surface area contributed by atoms with Gasteiger partial charge in [0.1, 0.15) is 5.76 Å². The Hall–Kier alpha value is -2.81. The lowest BCUT2D eigenvalue weighted by molar-refractivity contribution is -0.140. The van der Waals surface area contributed by atoms with E-state index in [1.54, 1.807) is 36.6 Å². The predicted molar refractivity (Wildman–Crippen MR) is 107 cm³/mol. The van der Waals surface area contributed by atoms with Crippen LogP contribution >= 0.6 is 0 Å². The summed E-state index contributed by atoms with van der Waals surface area (Å²) in [6.07, 6.45) is 0.926. The number of carbonyl (C=O) groups is 2. The number of rotatable bonds is 7. The van der Waals surface area contributed by atoms with Crippen LogP contribution in [0.1, 0.15) is 29.5 Å². The molecule has 0 bridgehead atoms. The normalized spacial score (nSPS) is 18.8. The fourth-order valence-electron chi connectivity index (χ4n) is 3.23. The van der Waals surface area contributed by atoms with Crippen LogP contribution in [0, 0.1) is 0 Å². The number of furan rings is 1. The number of esters is 1. The van der Waals surface area contributed by atoms with E-state index in [0.29, 0.717) is 30.0 Å². The van der Waals surface area contributed by atoms with Crippen molar-refractivity contribution >= 4 is 27.4 Å². The van der Waals surface area contributed by atoms with Crippen LogP contribution in [-0.2, 0) is 25.9 Å². The Kier molecular flexibility index (Phi) is 6.26. The molecule has 1 aliphatic rings. The maximum atomic E-state index is 12.6. The van der Waals surface area contributed by atoms with E-state index in [4.69, 9.17) is 9.15 Å². The van der Waals surface area contributed by atoms with Crippen molar-refractivity contribution in [3.63, 3.8) is 0 Å². The maximum Gasteiger partial charge on any atom is 0.341 e. The molecule has 1 aliphatic heterocycles. The highest BCUT2D eigenvalue weighted by atomic mass is 32.2. The smallest absolute Gasteiger partial charge is 0.341 e. The molecule has 1 saturated heterocycles. The molecule has 2 heterocycles. The zero-order valence-corrected chi connectivity index (χ0v) is 17.1. The minimum absolute atomic E-state index is 0.0601.